The van der Waals surface area contributed by atoms with Gasteiger partial charge in [-0.05, 0) is 89.9 Å². The van der Waals surface area contributed by atoms with Crippen molar-refractivity contribution in [3.05, 3.63) is 109 Å². The largest absolute Gasteiger partial charge is 0.462 e. The first-order valence-electron chi connectivity index (χ1n) is 26.4. The van der Waals surface area contributed by atoms with Gasteiger partial charge in [-0.2, -0.15) is 0 Å². The second kappa shape index (κ2) is 52.7. The van der Waals surface area contributed by atoms with Gasteiger partial charge in [-0.15, -0.1) is 0 Å². The fourth-order valence-electron chi connectivity index (χ4n) is 6.84. The van der Waals surface area contributed by atoms with Gasteiger partial charge in [0, 0.05) is 19.3 Å². The summed E-state index contributed by atoms with van der Waals surface area (Å²) in [6, 6.07) is 0. The van der Waals surface area contributed by atoms with E-state index in [0.29, 0.717) is 19.3 Å². The Labute approximate surface area is 400 Å². The number of ether oxygens (including phenoxy) is 3. The topological polar surface area (TPSA) is 78.9 Å². The van der Waals surface area contributed by atoms with Gasteiger partial charge in [0.1, 0.15) is 13.2 Å². The van der Waals surface area contributed by atoms with E-state index in [1.165, 1.54) is 96.3 Å². The van der Waals surface area contributed by atoms with Gasteiger partial charge < -0.3 is 14.2 Å². The molecule has 0 spiro atoms. The molecule has 0 saturated carbocycles. The highest BCUT2D eigenvalue weighted by Gasteiger charge is 2.19. The standard InChI is InChI=1S/C59H96O6/c1-4-7-10-13-16-19-22-25-28-30-32-34-37-40-43-46-49-52-58(61)64-55-56(54-63-57(60)51-48-45-42-39-36-33-27-24-21-18-15-12-9-6-3)65-59(62)53-50-47-44-41-38-35-31-29-26-23-20-17-14-11-8-5-2/h8,11,16-17,19-20,25-26,28-29,32,34-35,38,40,43-44,47,56H,4-7,9-10,12-15,18,21-24,27,30-31,33,36-37,39,41-42,45-46,48-55H2,1-3H3/b11-8-,19-16-,20-17-,28-25-,29-26-,34-32-,38-35-,43-40-,47-44-. The lowest BCUT2D eigenvalue weighted by Crippen LogP contribution is -2.30. The van der Waals surface area contributed by atoms with Crippen LogP contribution in [0.25, 0.3) is 0 Å². The molecule has 0 bridgehead atoms. The summed E-state index contributed by atoms with van der Waals surface area (Å²) in [5.74, 6) is -1.07. The second-order valence-corrected chi connectivity index (χ2v) is 17.1. The molecule has 6 heteroatoms. The Morgan fingerprint density at radius 2 is 0.646 bits per heavy atom. The van der Waals surface area contributed by atoms with Crippen LogP contribution >= 0.6 is 0 Å². The molecule has 0 heterocycles. The van der Waals surface area contributed by atoms with E-state index in [0.717, 1.165) is 77.0 Å². The Morgan fingerprint density at radius 1 is 0.323 bits per heavy atom. The molecule has 0 aromatic carbocycles. The summed E-state index contributed by atoms with van der Waals surface area (Å²) in [7, 11) is 0. The van der Waals surface area contributed by atoms with Gasteiger partial charge in [-0.1, -0.05) is 226 Å². The molecule has 0 radical (unpaired) electrons. The number of unbranched alkanes of at least 4 members (excludes halogenated alkanes) is 17. The van der Waals surface area contributed by atoms with Crippen LogP contribution in [0, 0.1) is 0 Å². The molecule has 1 unspecified atom stereocenters. The van der Waals surface area contributed by atoms with Crippen LogP contribution < -0.4 is 0 Å². The van der Waals surface area contributed by atoms with Crippen molar-refractivity contribution < 1.29 is 28.6 Å². The fraction of sp³-hybridized carbons (Fsp3) is 0.644. The predicted octanol–water partition coefficient (Wildman–Crippen LogP) is 17.5. The van der Waals surface area contributed by atoms with Crippen LogP contribution in [0.5, 0.6) is 0 Å². The first-order chi connectivity index (χ1) is 32.0. The van der Waals surface area contributed by atoms with Crippen molar-refractivity contribution in [1.82, 2.24) is 0 Å². The summed E-state index contributed by atoms with van der Waals surface area (Å²) in [4.78, 5) is 38.0. The lowest BCUT2D eigenvalue weighted by atomic mass is 10.0. The van der Waals surface area contributed by atoms with Crippen LogP contribution in [-0.2, 0) is 28.6 Å². The van der Waals surface area contributed by atoms with E-state index in [-0.39, 0.29) is 38.0 Å². The van der Waals surface area contributed by atoms with Crippen molar-refractivity contribution >= 4 is 17.9 Å². The van der Waals surface area contributed by atoms with E-state index in [9.17, 15) is 14.4 Å². The molecule has 6 nitrogen and oxygen atoms in total. The van der Waals surface area contributed by atoms with E-state index in [4.69, 9.17) is 14.2 Å². The second-order valence-electron chi connectivity index (χ2n) is 17.1. The van der Waals surface area contributed by atoms with Crippen LogP contribution in [-0.4, -0.2) is 37.2 Å². The average molecular weight is 901 g/mol. The Kier molecular flexibility index (Phi) is 49.5. The highest BCUT2D eigenvalue weighted by molar-refractivity contribution is 5.71. The monoisotopic (exact) mass is 901 g/mol. The SMILES string of the molecule is CC/C=C\C/C=C\C/C=C\C/C=C\C/C=C\CCC(=O)OC(COC(=O)CCC/C=C\C/C=C\C/C=C\C/C=C\CCCCC)COC(=O)CCCCCCCCCCCCCCCC. The van der Waals surface area contributed by atoms with Crippen LogP contribution in [0.3, 0.4) is 0 Å². The molecule has 0 N–H and O–H groups in total. The third-order valence-corrected chi connectivity index (χ3v) is 10.8. The van der Waals surface area contributed by atoms with E-state index in [1.807, 2.05) is 12.2 Å². The van der Waals surface area contributed by atoms with E-state index in [1.54, 1.807) is 0 Å². The average Bonchev–Trinajstić information content (AvgIpc) is 3.30. The summed E-state index contributed by atoms with van der Waals surface area (Å²) in [5.41, 5.74) is 0. The number of hydrogen-bond donors (Lipinski definition) is 0. The quantitative estimate of drug-likeness (QED) is 0.0262. The molecule has 0 amide bonds. The summed E-state index contributed by atoms with van der Waals surface area (Å²) >= 11 is 0. The van der Waals surface area contributed by atoms with Crippen molar-refractivity contribution in [1.29, 1.82) is 0 Å². The summed E-state index contributed by atoms with van der Waals surface area (Å²) in [6.07, 6.45) is 70.9. The molecule has 0 aliphatic heterocycles. The summed E-state index contributed by atoms with van der Waals surface area (Å²) in [5, 5.41) is 0. The molecule has 0 rings (SSSR count). The Bertz CT molecular complexity index is 1360. The minimum Gasteiger partial charge on any atom is -0.462 e. The van der Waals surface area contributed by atoms with Gasteiger partial charge in [-0.3, -0.25) is 14.4 Å². The molecule has 0 aromatic rings. The van der Waals surface area contributed by atoms with Gasteiger partial charge in [0.15, 0.2) is 6.10 Å². The molecule has 0 aliphatic carbocycles. The van der Waals surface area contributed by atoms with Crippen molar-refractivity contribution in [2.75, 3.05) is 13.2 Å². The zero-order valence-corrected chi connectivity index (χ0v) is 42.0. The fourth-order valence-corrected chi connectivity index (χ4v) is 6.84. The molecular weight excluding hydrogens is 805 g/mol. The zero-order chi connectivity index (χ0) is 47.2. The van der Waals surface area contributed by atoms with Crippen molar-refractivity contribution in [3.63, 3.8) is 0 Å². The van der Waals surface area contributed by atoms with Crippen LogP contribution in [0.15, 0.2) is 109 Å². The number of carbonyl (C=O) groups is 3. The number of rotatable bonds is 46. The lowest BCUT2D eigenvalue weighted by Gasteiger charge is -2.18. The molecule has 0 fully saturated rings. The maximum absolute atomic E-state index is 12.8. The normalized spacial score (nSPS) is 13.0. The van der Waals surface area contributed by atoms with Gasteiger partial charge in [0.25, 0.3) is 0 Å². The minimum atomic E-state index is -0.839. The molecule has 0 aromatic heterocycles. The number of allylic oxidation sites excluding steroid dienone is 18. The van der Waals surface area contributed by atoms with Gasteiger partial charge in [-0.25, -0.2) is 0 Å². The number of carbonyl (C=O) groups excluding carboxylic acids is 3. The maximum atomic E-state index is 12.8. The van der Waals surface area contributed by atoms with Crippen molar-refractivity contribution in [2.45, 2.75) is 232 Å². The smallest absolute Gasteiger partial charge is 0.306 e. The predicted molar refractivity (Wildman–Crippen MR) is 279 cm³/mol. The Balaban J connectivity index is 4.59. The first kappa shape index (κ1) is 61.1. The third kappa shape index (κ3) is 50.9. The van der Waals surface area contributed by atoms with Gasteiger partial charge in [0.05, 0.1) is 0 Å². The molecular formula is C59H96O6. The van der Waals surface area contributed by atoms with E-state index in [2.05, 4.69) is 118 Å². The molecule has 368 valence electrons. The maximum Gasteiger partial charge on any atom is 0.306 e. The van der Waals surface area contributed by atoms with Crippen molar-refractivity contribution in [2.24, 2.45) is 0 Å². The van der Waals surface area contributed by atoms with Crippen molar-refractivity contribution in [3.8, 4) is 0 Å². The van der Waals surface area contributed by atoms with Crippen LogP contribution in [0.4, 0.5) is 0 Å². The molecule has 65 heavy (non-hydrogen) atoms. The van der Waals surface area contributed by atoms with Crippen LogP contribution in [0.2, 0.25) is 0 Å². The molecule has 0 saturated heterocycles. The lowest BCUT2D eigenvalue weighted by molar-refractivity contribution is -0.166. The number of hydrogen-bond acceptors (Lipinski definition) is 6. The van der Waals surface area contributed by atoms with Gasteiger partial charge >= 0.3 is 17.9 Å². The minimum absolute atomic E-state index is 0.125. The Hall–Kier alpha value is -3.93. The third-order valence-electron chi connectivity index (χ3n) is 10.8. The first-order valence-corrected chi connectivity index (χ1v) is 26.4. The summed E-state index contributed by atoms with van der Waals surface area (Å²) in [6.45, 7) is 6.38. The Morgan fingerprint density at radius 3 is 1.06 bits per heavy atom. The zero-order valence-electron chi connectivity index (χ0n) is 42.0. The van der Waals surface area contributed by atoms with E-state index >= 15 is 0 Å². The van der Waals surface area contributed by atoms with Crippen LogP contribution in [0.1, 0.15) is 226 Å². The van der Waals surface area contributed by atoms with E-state index < -0.39 is 12.1 Å². The molecule has 0 aliphatic rings. The summed E-state index contributed by atoms with van der Waals surface area (Å²) < 4.78 is 16.7. The number of esters is 3. The highest BCUT2D eigenvalue weighted by atomic mass is 16.6. The van der Waals surface area contributed by atoms with Gasteiger partial charge in [0.2, 0.25) is 0 Å². The highest BCUT2D eigenvalue weighted by Crippen LogP contribution is 2.14. The molecule has 1 atom stereocenters.